The van der Waals surface area contributed by atoms with Gasteiger partial charge in [0.15, 0.2) is 5.65 Å². The average molecular weight is 412 g/mol. The highest BCUT2D eigenvalue weighted by atomic mass is 16.1. The summed E-state index contributed by atoms with van der Waals surface area (Å²) in [5, 5.41) is 17.1. The van der Waals surface area contributed by atoms with E-state index in [-0.39, 0.29) is 5.69 Å². The van der Waals surface area contributed by atoms with Gasteiger partial charge in [-0.3, -0.25) is 0 Å². The quantitative estimate of drug-likeness (QED) is 0.443. The third-order valence-corrected chi connectivity index (χ3v) is 5.19. The molecular weight excluding hydrogens is 392 g/mol. The molecule has 9 heteroatoms. The molecule has 0 spiro atoms. The number of tetrazole rings is 1. The van der Waals surface area contributed by atoms with E-state index in [4.69, 9.17) is 0 Å². The van der Waals surface area contributed by atoms with Crippen molar-refractivity contribution in [3.8, 4) is 22.5 Å². The van der Waals surface area contributed by atoms with Gasteiger partial charge in [0.25, 0.3) is 0 Å². The molecule has 2 aromatic carbocycles. The van der Waals surface area contributed by atoms with Crippen LogP contribution in [0.5, 0.6) is 0 Å². The number of rotatable bonds is 6. The number of nitrogens with one attached hydrogen (secondary N) is 2. The molecule has 0 aliphatic heterocycles. The molecule has 154 valence electrons. The monoisotopic (exact) mass is 412 g/mol. The molecule has 0 fully saturated rings. The molecule has 0 aliphatic rings. The molecule has 0 bridgehead atoms. The van der Waals surface area contributed by atoms with Crippen molar-refractivity contribution in [1.29, 1.82) is 0 Å². The van der Waals surface area contributed by atoms with Gasteiger partial charge in [0.1, 0.15) is 5.82 Å². The molecule has 0 unspecified atom stereocenters. The second kappa shape index (κ2) is 7.94. The maximum Gasteiger partial charge on any atom is 0.362 e. The molecule has 0 atom stereocenters. The van der Waals surface area contributed by atoms with Gasteiger partial charge in [-0.1, -0.05) is 55.5 Å². The normalized spacial score (nSPS) is 11.3. The summed E-state index contributed by atoms with van der Waals surface area (Å²) in [6, 6.07) is 16.2. The summed E-state index contributed by atoms with van der Waals surface area (Å²) in [7, 11) is 0. The predicted octanol–water partition coefficient (Wildman–Crippen LogP) is 2.81. The average Bonchev–Trinajstić information content (AvgIpc) is 3.46. The number of H-pyrrole nitrogens is 2. The molecule has 0 aliphatic carbocycles. The summed E-state index contributed by atoms with van der Waals surface area (Å²) in [4.78, 5) is 20.5. The Morgan fingerprint density at radius 2 is 1.84 bits per heavy atom. The van der Waals surface area contributed by atoms with Crippen molar-refractivity contribution in [2.75, 3.05) is 0 Å². The third-order valence-electron chi connectivity index (χ3n) is 5.19. The van der Waals surface area contributed by atoms with Crippen molar-refractivity contribution >= 4 is 5.65 Å². The van der Waals surface area contributed by atoms with E-state index < -0.39 is 0 Å². The standard InChI is InChI=1S/C22H20N8O/c1-2-5-19-23-13-16(21-24-22(31)27-30(19)21)12-14-8-10-15(11-9-14)17-6-3-4-7-18(17)20-25-28-29-26-20/h3-4,6-11,13H,2,5,12H2,1H3,(H,27,31)(H,25,26,28,29). The Labute approximate surface area is 177 Å². The number of nitrogens with zero attached hydrogens (tertiary/aromatic N) is 6. The minimum Gasteiger partial charge on any atom is -0.244 e. The summed E-state index contributed by atoms with van der Waals surface area (Å²) in [6.45, 7) is 2.08. The van der Waals surface area contributed by atoms with Crippen LogP contribution >= 0.6 is 0 Å². The van der Waals surface area contributed by atoms with E-state index in [2.05, 4.69) is 66.9 Å². The summed E-state index contributed by atoms with van der Waals surface area (Å²) < 4.78 is 1.71. The first-order chi connectivity index (χ1) is 15.2. The topological polar surface area (TPSA) is 118 Å². The fraction of sp³-hybridized carbons (Fsp3) is 0.182. The Kier molecular flexibility index (Phi) is 4.83. The van der Waals surface area contributed by atoms with Gasteiger partial charge in [0, 0.05) is 30.2 Å². The van der Waals surface area contributed by atoms with Crippen molar-refractivity contribution < 1.29 is 0 Å². The summed E-state index contributed by atoms with van der Waals surface area (Å²) in [5.74, 6) is 1.37. The second-order valence-electron chi connectivity index (χ2n) is 7.29. The zero-order valence-corrected chi connectivity index (χ0v) is 16.9. The molecule has 3 heterocycles. The highest BCUT2D eigenvalue weighted by molar-refractivity contribution is 5.80. The molecule has 0 amide bonds. The number of hydrogen-bond acceptors (Lipinski definition) is 6. The van der Waals surface area contributed by atoms with Gasteiger partial charge in [0.2, 0.25) is 5.82 Å². The lowest BCUT2D eigenvalue weighted by molar-refractivity contribution is 0.751. The van der Waals surface area contributed by atoms with Crippen molar-refractivity contribution in [2.45, 2.75) is 26.2 Å². The number of hydrogen-bond donors (Lipinski definition) is 2. The van der Waals surface area contributed by atoms with E-state index in [1.807, 2.05) is 30.5 Å². The Morgan fingerprint density at radius 1 is 1.03 bits per heavy atom. The maximum absolute atomic E-state index is 11.8. The highest BCUT2D eigenvalue weighted by Crippen LogP contribution is 2.30. The fourth-order valence-corrected chi connectivity index (χ4v) is 3.74. The third kappa shape index (κ3) is 3.61. The van der Waals surface area contributed by atoms with Crippen molar-refractivity contribution in [1.82, 2.24) is 40.2 Å². The molecule has 3 aromatic heterocycles. The first-order valence-corrected chi connectivity index (χ1v) is 10.1. The molecule has 9 nitrogen and oxygen atoms in total. The van der Waals surface area contributed by atoms with Crippen LogP contribution in [0.3, 0.4) is 0 Å². The number of benzene rings is 2. The SMILES string of the molecule is CCCc1ncc(Cc2ccc(-c3ccccc3-c3nn[nH]n3)cc2)c2nc(=O)[nH]n12. The number of aromatic amines is 2. The zero-order chi connectivity index (χ0) is 21.2. The van der Waals surface area contributed by atoms with Crippen LogP contribution in [0.2, 0.25) is 0 Å². The van der Waals surface area contributed by atoms with E-state index in [9.17, 15) is 4.79 Å². The van der Waals surface area contributed by atoms with Gasteiger partial charge in [-0.05, 0) is 28.3 Å². The zero-order valence-electron chi connectivity index (χ0n) is 16.9. The Hall–Kier alpha value is -4.14. The van der Waals surface area contributed by atoms with Gasteiger partial charge in [-0.15, -0.1) is 10.2 Å². The van der Waals surface area contributed by atoms with Crippen LogP contribution in [0, 0.1) is 0 Å². The van der Waals surface area contributed by atoms with Crippen LogP contribution in [-0.2, 0) is 12.8 Å². The van der Waals surface area contributed by atoms with Crippen LogP contribution in [0.15, 0.2) is 59.5 Å². The molecule has 0 radical (unpaired) electrons. The Bertz CT molecular complexity index is 1380. The molecule has 5 rings (SSSR count). The summed E-state index contributed by atoms with van der Waals surface area (Å²) in [5.41, 5.74) is 5.28. The number of aromatic nitrogens is 8. The van der Waals surface area contributed by atoms with Crippen LogP contribution < -0.4 is 5.69 Å². The van der Waals surface area contributed by atoms with Crippen molar-refractivity contribution in [2.24, 2.45) is 0 Å². The maximum atomic E-state index is 11.8. The summed E-state index contributed by atoms with van der Waals surface area (Å²) in [6.07, 6.45) is 4.16. The molecule has 2 N–H and O–H groups in total. The van der Waals surface area contributed by atoms with Gasteiger partial charge >= 0.3 is 5.69 Å². The van der Waals surface area contributed by atoms with Crippen LogP contribution in [0.1, 0.15) is 30.3 Å². The molecule has 0 saturated carbocycles. The smallest absolute Gasteiger partial charge is 0.244 e. The van der Waals surface area contributed by atoms with Crippen molar-refractivity contribution in [3.63, 3.8) is 0 Å². The van der Waals surface area contributed by atoms with Crippen LogP contribution in [-0.4, -0.2) is 40.2 Å². The number of aryl methyl sites for hydroxylation is 1. The van der Waals surface area contributed by atoms with Gasteiger partial charge < -0.3 is 0 Å². The molecule has 31 heavy (non-hydrogen) atoms. The number of fused-ring (bicyclic) bond motifs is 1. The second-order valence-corrected chi connectivity index (χ2v) is 7.29. The summed E-state index contributed by atoms with van der Waals surface area (Å²) >= 11 is 0. The Balaban J connectivity index is 1.46. The van der Waals surface area contributed by atoms with E-state index >= 15 is 0 Å². The van der Waals surface area contributed by atoms with Gasteiger partial charge in [-0.2, -0.15) is 10.2 Å². The first kappa shape index (κ1) is 18.9. The fourth-order valence-electron chi connectivity index (χ4n) is 3.74. The van der Waals surface area contributed by atoms with E-state index in [0.29, 0.717) is 17.9 Å². The van der Waals surface area contributed by atoms with E-state index in [1.165, 1.54) is 0 Å². The molecule has 5 aromatic rings. The van der Waals surface area contributed by atoms with E-state index in [1.54, 1.807) is 4.52 Å². The minimum atomic E-state index is -0.361. The lowest BCUT2D eigenvalue weighted by atomic mass is 9.97. The first-order valence-electron chi connectivity index (χ1n) is 10.1. The van der Waals surface area contributed by atoms with Gasteiger partial charge in [-0.25, -0.2) is 19.4 Å². The molecular formula is C22H20N8O. The van der Waals surface area contributed by atoms with Crippen molar-refractivity contribution in [3.05, 3.63) is 82.2 Å². The largest absolute Gasteiger partial charge is 0.362 e. The lowest BCUT2D eigenvalue weighted by Crippen LogP contribution is -2.07. The van der Waals surface area contributed by atoms with Gasteiger partial charge in [0.05, 0.1) is 0 Å². The van der Waals surface area contributed by atoms with Crippen LogP contribution in [0.4, 0.5) is 0 Å². The lowest BCUT2D eigenvalue weighted by Gasteiger charge is -2.09. The van der Waals surface area contributed by atoms with E-state index in [0.717, 1.165) is 46.5 Å². The highest BCUT2D eigenvalue weighted by Gasteiger charge is 2.13. The predicted molar refractivity (Wildman–Crippen MR) is 115 cm³/mol. The molecule has 0 saturated heterocycles. The Morgan fingerprint density at radius 3 is 2.58 bits per heavy atom. The minimum absolute atomic E-state index is 0.361. The van der Waals surface area contributed by atoms with Crippen LogP contribution in [0.25, 0.3) is 28.2 Å².